The molecule has 11 heteroatoms. The van der Waals surface area contributed by atoms with E-state index in [1.807, 2.05) is 44.4 Å². The van der Waals surface area contributed by atoms with Crippen LogP contribution >= 0.6 is 24.4 Å². The zero-order valence-electron chi connectivity index (χ0n) is 21.3. The predicted octanol–water partition coefficient (Wildman–Crippen LogP) is 1.31. The molecule has 1 aromatic rings. The molecule has 0 saturated carbocycles. The molecular weight excluding hydrogens is 500 g/mol. The van der Waals surface area contributed by atoms with Gasteiger partial charge < -0.3 is 26.0 Å². The third kappa shape index (κ3) is 8.41. The fourth-order valence-electron chi connectivity index (χ4n) is 4.25. The standard InChI is InChI=1S/C25H38N4O5S2/c1-15(2)22(26-12-19(14-35)27-16(3)30)24(32)29-13-18-8-6-5-7-17(18)11-21(29)23(31)28-20(25(33)34)9-10-36-4/h5-8,15,19-22,26,35H,9-14H2,1-4H3,(H,27,30)(H,28,31)(H,33,34)/t19-,20+,21+,22+/m1/s1. The smallest absolute Gasteiger partial charge is 0.326 e. The van der Waals surface area contributed by atoms with E-state index in [0.29, 0.717) is 30.9 Å². The molecule has 1 heterocycles. The number of thioether (sulfide) groups is 1. The Bertz CT molecular complexity index is 929. The number of benzene rings is 1. The first-order valence-electron chi connectivity index (χ1n) is 12.1. The molecule has 1 aliphatic heterocycles. The average molecular weight is 539 g/mol. The van der Waals surface area contributed by atoms with Gasteiger partial charge >= 0.3 is 5.97 Å². The highest BCUT2D eigenvalue weighted by Crippen LogP contribution is 2.25. The minimum atomic E-state index is -1.09. The van der Waals surface area contributed by atoms with Gasteiger partial charge in [-0.25, -0.2) is 4.79 Å². The molecule has 0 aromatic heterocycles. The first-order chi connectivity index (χ1) is 17.1. The molecule has 0 radical (unpaired) electrons. The number of hydrogen-bond donors (Lipinski definition) is 5. The highest BCUT2D eigenvalue weighted by atomic mass is 32.2. The molecule has 4 N–H and O–H groups in total. The van der Waals surface area contributed by atoms with Crippen molar-refractivity contribution in [2.24, 2.45) is 5.92 Å². The normalized spacial score (nSPS) is 17.6. The lowest BCUT2D eigenvalue weighted by atomic mass is 9.91. The Morgan fingerprint density at radius 2 is 1.83 bits per heavy atom. The van der Waals surface area contributed by atoms with Crippen LogP contribution in [0.15, 0.2) is 24.3 Å². The molecule has 3 amide bonds. The SMILES string of the molecule is CSCC[C@H](NC(=O)[C@@H]1Cc2ccccc2CN1C(=O)[C@@H](NC[C@H](CS)NC(C)=O)C(C)C)C(=O)O. The van der Waals surface area contributed by atoms with Crippen LogP contribution in [0.2, 0.25) is 0 Å². The summed E-state index contributed by atoms with van der Waals surface area (Å²) < 4.78 is 0. The van der Waals surface area contributed by atoms with Gasteiger partial charge in [-0.15, -0.1) is 0 Å². The van der Waals surface area contributed by atoms with E-state index in [4.69, 9.17) is 0 Å². The molecule has 1 aromatic carbocycles. The van der Waals surface area contributed by atoms with E-state index in [9.17, 15) is 24.3 Å². The zero-order valence-corrected chi connectivity index (χ0v) is 23.0. The van der Waals surface area contributed by atoms with E-state index >= 15 is 0 Å². The Morgan fingerprint density at radius 3 is 2.39 bits per heavy atom. The number of carbonyl (C=O) groups excluding carboxylic acids is 3. The number of hydrogen-bond acceptors (Lipinski definition) is 7. The predicted molar refractivity (Wildman–Crippen MR) is 145 cm³/mol. The molecule has 1 aliphatic rings. The van der Waals surface area contributed by atoms with Crippen LogP contribution < -0.4 is 16.0 Å². The maximum absolute atomic E-state index is 13.8. The molecule has 2 rings (SSSR count). The van der Waals surface area contributed by atoms with Gasteiger partial charge in [0, 0.05) is 32.2 Å². The summed E-state index contributed by atoms with van der Waals surface area (Å²) in [6.45, 7) is 5.86. The van der Waals surface area contributed by atoms with Gasteiger partial charge in [0.05, 0.1) is 12.1 Å². The van der Waals surface area contributed by atoms with Gasteiger partial charge in [-0.05, 0) is 35.5 Å². The Hall–Kier alpha value is -2.24. The van der Waals surface area contributed by atoms with Gasteiger partial charge in [-0.1, -0.05) is 38.1 Å². The third-order valence-electron chi connectivity index (χ3n) is 6.20. The van der Waals surface area contributed by atoms with Gasteiger partial charge in [0.25, 0.3) is 0 Å². The molecule has 36 heavy (non-hydrogen) atoms. The van der Waals surface area contributed by atoms with Gasteiger partial charge in [0.15, 0.2) is 0 Å². The largest absolute Gasteiger partial charge is 0.480 e. The minimum Gasteiger partial charge on any atom is -0.480 e. The number of amides is 3. The van der Waals surface area contributed by atoms with E-state index in [-0.39, 0.29) is 30.3 Å². The summed E-state index contributed by atoms with van der Waals surface area (Å²) in [7, 11) is 0. The molecule has 0 saturated heterocycles. The molecule has 0 unspecified atom stereocenters. The van der Waals surface area contributed by atoms with Crippen molar-refractivity contribution in [3.8, 4) is 0 Å². The molecule has 0 fully saturated rings. The third-order valence-corrected chi connectivity index (χ3v) is 7.29. The number of carbonyl (C=O) groups is 4. The monoisotopic (exact) mass is 538 g/mol. The number of rotatable bonds is 13. The molecular formula is C25H38N4O5S2. The Labute approximate surface area is 222 Å². The fourth-order valence-corrected chi connectivity index (χ4v) is 4.95. The molecule has 0 aliphatic carbocycles. The highest BCUT2D eigenvalue weighted by Gasteiger charge is 2.39. The summed E-state index contributed by atoms with van der Waals surface area (Å²) in [6.07, 6.45) is 2.48. The number of thiol groups is 1. The topological polar surface area (TPSA) is 128 Å². The second-order valence-corrected chi connectivity index (χ2v) is 10.7. The van der Waals surface area contributed by atoms with Crippen LogP contribution in [0.25, 0.3) is 0 Å². The van der Waals surface area contributed by atoms with Crippen LogP contribution in [-0.2, 0) is 32.1 Å². The molecule has 9 nitrogen and oxygen atoms in total. The summed E-state index contributed by atoms with van der Waals surface area (Å²) in [5.41, 5.74) is 1.92. The lowest BCUT2D eigenvalue weighted by Crippen LogP contribution is -2.60. The summed E-state index contributed by atoms with van der Waals surface area (Å²) >= 11 is 5.80. The van der Waals surface area contributed by atoms with Crippen molar-refractivity contribution in [3.05, 3.63) is 35.4 Å². The van der Waals surface area contributed by atoms with Crippen LogP contribution in [0.5, 0.6) is 0 Å². The summed E-state index contributed by atoms with van der Waals surface area (Å²) in [5.74, 6) is -1.08. The first kappa shape index (κ1) is 30.0. The number of carboxylic acid groups (broad SMARTS) is 1. The number of aliphatic carboxylic acids is 1. The minimum absolute atomic E-state index is 0.0929. The summed E-state index contributed by atoms with van der Waals surface area (Å²) in [5, 5.41) is 18.3. The lowest BCUT2D eigenvalue weighted by molar-refractivity contribution is -0.146. The number of nitrogens with zero attached hydrogens (tertiary/aromatic N) is 1. The highest BCUT2D eigenvalue weighted by molar-refractivity contribution is 7.98. The lowest BCUT2D eigenvalue weighted by Gasteiger charge is -2.39. The van der Waals surface area contributed by atoms with E-state index in [0.717, 1.165) is 11.1 Å². The zero-order chi connectivity index (χ0) is 26.8. The fraction of sp³-hybridized carbons (Fsp3) is 0.600. The van der Waals surface area contributed by atoms with Crippen molar-refractivity contribution >= 4 is 48.1 Å². The van der Waals surface area contributed by atoms with Crippen molar-refractivity contribution in [1.29, 1.82) is 0 Å². The van der Waals surface area contributed by atoms with E-state index in [2.05, 4.69) is 28.6 Å². The maximum Gasteiger partial charge on any atom is 0.326 e. The van der Waals surface area contributed by atoms with Crippen LogP contribution in [0.4, 0.5) is 0 Å². The maximum atomic E-state index is 13.8. The van der Waals surface area contributed by atoms with Gasteiger partial charge in [0.1, 0.15) is 12.1 Å². The molecule has 4 atom stereocenters. The Morgan fingerprint density at radius 1 is 1.17 bits per heavy atom. The van der Waals surface area contributed by atoms with E-state index in [1.54, 1.807) is 4.90 Å². The first-order valence-corrected chi connectivity index (χ1v) is 14.1. The van der Waals surface area contributed by atoms with Crippen molar-refractivity contribution in [1.82, 2.24) is 20.9 Å². The van der Waals surface area contributed by atoms with Gasteiger partial charge in [-0.3, -0.25) is 14.4 Å². The molecule has 200 valence electrons. The van der Waals surface area contributed by atoms with Gasteiger partial charge in [-0.2, -0.15) is 24.4 Å². The number of nitrogens with one attached hydrogen (secondary N) is 3. The Balaban J connectivity index is 2.29. The van der Waals surface area contributed by atoms with E-state index in [1.165, 1.54) is 18.7 Å². The molecule has 0 spiro atoms. The van der Waals surface area contributed by atoms with Crippen molar-refractivity contribution in [3.63, 3.8) is 0 Å². The van der Waals surface area contributed by atoms with Crippen molar-refractivity contribution < 1.29 is 24.3 Å². The molecule has 0 bridgehead atoms. The number of fused-ring (bicyclic) bond motifs is 1. The second-order valence-electron chi connectivity index (χ2n) is 9.35. The van der Waals surface area contributed by atoms with Crippen molar-refractivity contribution in [2.45, 2.75) is 64.3 Å². The second kappa shape index (κ2) is 14.5. The van der Waals surface area contributed by atoms with Crippen molar-refractivity contribution in [2.75, 3.05) is 24.3 Å². The number of carboxylic acids is 1. The van der Waals surface area contributed by atoms with Crippen LogP contribution in [0, 0.1) is 5.92 Å². The van der Waals surface area contributed by atoms with Gasteiger partial charge in [0.2, 0.25) is 17.7 Å². The van der Waals surface area contributed by atoms with Crippen LogP contribution in [0.1, 0.15) is 38.3 Å². The summed E-state index contributed by atoms with van der Waals surface area (Å²) in [6, 6.07) is 4.95. The average Bonchev–Trinajstić information content (AvgIpc) is 2.84. The Kier molecular flexibility index (Phi) is 12.1. The van der Waals surface area contributed by atoms with Crippen LogP contribution in [-0.4, -0.2) is 82.2 Å². The summed E-state index contributed by atoms with van der Waals surface area (Å²) in [4.78, 5) is 52.0. The quantitative estimate of drug-likeness (QED) is 0.240. The van der Waals surface area contributed by atoms with Crippen LogP contribution in [0.3, 0.4) is 0 Å². The van der Waals surface area contributed by atoms with E-state index < -0.39 is 30.0 Å².